The van der Waals surface area contributed by atoms with Gasteiger partial charge in [-0.2, -0.15) is 0 Å². The first-order valence-electron chi connectivity index (χ1n) is 9.51. The highest BCUT2D eigenvalue weighted by Crippen LogP contribution is 2.34. The first kappa shape index (κ1) is 19.8. The van der Waals surface area contributed by atoms with Crippen LogP contribution in [0.15, 0.2) is 60.9 Å². The summed E-state index contributed by atoms with van der Waals surface area (Å²) in [6.45, 7) is 2.80. The molecule has 0 aliphatic carbocycles. The van der Waals surface area contributed by atoms with E-state index in [9.17, 15) is 5.11 Å². The minimum absolute atomic E-state index is 0.104. The predicted octanol–water partition coefficient (Wildman–Crippen LogP) is 5.84. The second-order valence-electron chi connectivity index (χ2n) is 6.69. The van der Waals surface area contributed by atoms with Crippen LogP contribution in [0.2, 0.25) is 5.02 Å². The predicted molar refractivity (Wildman–Crippen MR) is 122 cm³/mol. The van der Waals surface area contributed by atoms with E-state index in [1.165, 1.54) is 13.4 Å². The number of aromatic hydroxyl groups is 1. The highest BCUT2D eigenvalue weighted by molar-refractivity contribution is 6.33. The average Bonchev–Trinajstić information content (AvgIpc) is 2.76. The molecule has 4 aromatic rings. The molecule has 0 radical (unpaired) electrons. The van der Waals surface area contributed by atoms with Crippen molar-refractivity contribution in [2.75, 3.05) is 24.3 Å². The maximum atomic E-state index is 9.87. The van der Waals surface area contributed by atoms with Crippen molar-refractivity contribution in [1.82, 2.24) is 9.97 Å². The van der Waals surface area contributed by atoms with E-state index in [0.29, 0.717) is 16.6 Å². The molecule has 0 atom stereocenters. The molecule has 3 N–H and O–H groups in total. The fourth-order valence-electron chi connectivity index (χ4n) is 3.26. The maximum Gasteiger partial charge on any atom is 0.161 e. The van der Waals surface area contributed by atoms with Crippen molar-refractivity contribution < 1.29 is 9.84 Å². The van der Waals surface area contributed by atoms with Crippen LogP contribution in [-0.4, -0.2) is 28.7 Å². The summed E-state index contributed by atoms with van der Waals surface area (Å²) in [6, 6.07) is 16.9. The highest BCUT2D eigenvalue weighted by atomic mass is 35.5. The van der Waals surface area contributed by atoms with Crippen LogP contribution in [0, 0.1) is 0 Å². The molecule has 1 heterocycles. The van der Waals surface area contributed by atoms with Gasteiger partial charge in [-0.1, -0.05) is 23.7 Å². The average molecular weight is 421 g/mol. The van der Waals surface area contributed by atoms with Gasteiger partial charge in [0.15, 0.2) is 11.5 Å². The number of benzene rings is 3. The van der Waals surface area contributed by atoms with E-state index in [1.807, 2.05) is 49.4 Å². The third-order valence-electron chi connectivity index (χ3n) is 4.74. The number of hydrogen-bond donors (Lipinski definition) is 3. The number of aromatic nitrogens is 2. The Bertz CT molecular complexity index is 1210. The number of nitrogens with one attached hydrogen (secondary N) is 2. The largest absolute Gasteiger partial charge is 0.504 e. The molecule has 0 aliphatic rings. The molecule has 0 fully saturated rings. The van der Waals surface area contributed by atoms with Crippen molar-refractivity contribution in [3.63, 3.8) is 0 Å². The van der Waals surface area contributed by atoms with Crippen LogP contribution in [-0.2, 0) is 0 Å². The van der Waals surface area contributed by atoms with Crippen molar-refractivity contribution in [2.45, 2.75) is 6.92 Å². The molecular formula is C23H21ClN4O2. The van der Waals surface area contributed by atoms with Crippen LogP contribution in [0.25, 0.3) is 22.0 Å². The van der Waals surface area contributed by atoms with E-state index in [0.717, 1.165) is 39.9 Å². The van der Waals surface area contributed by atoms with Gasteiger partial charge in [0.05, 0.1) is 23.3 Å². The molecule has 30 heavy (non-hydrogen) atoms. The Labute approximate surface area is 179 Å². The molecular weight excluding hydrogens is 400 g/mol. The maximum absolute atomic E-state index is 9.87. The lowest BCUT2D eigenvalue weighted by atomic mass is 10.0. The van der Waals surface area contributed by atoms with Crippen LogP contribution >= 0.6 is 11.6 Å². The Morgan fingerprint density at radius 3 is 2.60 bits per heavy atom. The highest BCUT2D eigenvalue weighted by Gasteiger charge is 2.10. The second-order valence-corrected chi connectivity index (χ2v) is 7.10. The number of anilines is 3. The molecule has 6 nitrogen and oxygen atoms in total. The summed E-state index contributed by atoms with van der Waals surface area (Å²) in [7, 11) is 1.53. The van der Waals surface area contributed by atoms with Gasteiger partial charge >= 0.3 is 0 Å². The SMILES string of the molecule is CCNc1cc(Nc2ncnc3ccc(-c4ccc(O)c(OC)c4)cc23)ccc1Cl. The minimum atomic E-state index is 0.104. The van der Waals surface area contributed by atoms with Crippen LogP contribution in [0.5, 0.6) is 11.5 Å². The quantitative estimate of drug-likeness (QED) is 0.363. The van der Waals surface area contributed by atoms with Gasteiger partial charge in [0.1, 0.15) is 12.1 Å². The van der Waals surface area contributed by atoms with Crippen LogP contribution in [0.4, 0.5) is 17.2 Å². The Balaban J connectivity index is 1.75. The van der Waals surface area contributed by atoms with E-state index in [4.69, 9.17) is 16.3 Å². The fraction of sp³-hybridized carbons (Fsp3) is 0.130. The summed E-state index contributed by atoms with van der Waals surface area (Å²) in [5.74, 6) is 1.22. The lowest BCUT2D eigenvalue weighted by molar-refractivity contribution is 0.373. The molecule has 0 aliphatic heterocycles. The van der Waals surface area contributed by atoms with Gasteiger partial charge in [-0.05, 0) is 60.5 Å². The number of fused-ring (bicyclic) bond motifs is 1. The Morgan fingerprint density at radius 2 is 1.80 bits per heavy atom. The Hall–Kier alpha value is -3.51. The molecule has 0 saturated heterocycles. The zero-order valence-electron chi connectivity index (χ0n) is 16.6. The van der Waals surface area contributed by atoms with E-state index in [2.05, 4.69) is 20.6 Å². The van der Waals surface area contributed by atoms with E-state index in [1.54, 1.807) is 12.1 Å². The van der Waals surface area contributed by atoms with Gasteiger partial charge in [-0.15, -0.1) is 0 Å². The lowest BCUT2D eigenvalue weighted by Gasteiger charge is -2.13. The van der Waals surface area contributed by atoms with E-state index >= 15 is 0 Å². The number of rotatable bonds is 6. The van der Waals surface area contributed by atoms with Gasteiger partial charge in [0.25, 0.3) is 0 Å². The number of ether oxygens (including phenoxy) is 1. The van der Waals surface area contributed by atoms with Gasteiger partial charge in [-0.25, -0.2) is 9.97 Å². The van der Waals surface area contributed by atoms with Gasteiger partial charge in [0.2, 0.25) is 0 Å². The molecule has 0 spiro atoms. The number of methoxy groups -OCH3 is 1. The molecule has 152 valence electrons. The third-order valence-corrected chi connectivity index (χ3v) is 5.07. The number of nitrogens with zero attached hydrogens (tertiary/aromatic N) is 2. The minimum Gasteiger partial charge on any atom is -0.504 e. The number of halogens is 1. The Morgan fingerprint density at radius 1 is 1.00 bits per heavy atom. The standard InChI is InChI=1S/C23H21ClN4O2/c1-3-25-20-12-16(6-7-18(20)24)28-23-17-10-14(4-8-19(17)26-13-27-23)15-5-9-21(29)22(11-15)30-2/h4-13,25,29H,3H2,1-2H3,(H,26,27,28). The van der Waals surface area contributed by atoms with Crippen molar-refractivity contribution in [3.05, 3.63) is 65.9 Å². The molecule has 0 unspecified atom stereocenters. The fourth-order valence-corrected chi connectivity index (χ4v) is 3.44. The smallest absolute Gasteiger partial charge is 0.161 e. The molecule has 1 aromatic heterocycles. The molecule has 0 saturated carbocycles. The van der Waals surface area contributed by atoms with E-state index < -0.39 is 0 Å². The molecule has 0 bridgehead atoms. The number of phenols is 1. The monoisotopic (exact) mass is 420 g/mol. The number of phenolic OH excluding ortho intramolecular Hbond substituents is 1. The first-order valence-corrected chi connectivity index (χ1v) is 9.89. The van der Waals surface area contributed by atoms with Crippen LogP contribution in [0.3, 0.4) is 0 Å². The molecule has 7 heteroatoms. The van der Waals surface area contributed by atoms with Gasteiger partial charge in [-0.3, -0.25) is 0 Å². The summed E-state index contributed by atoms with van der Waals surface area (Å²) in [5, 5.41) is 18.0. The van der Waals surface area contributed by atoms with Crippen molar-refractivity contribution >= 4 is 39.7 Å². The van der Waals surface area contributed by atoms with Crippen LogP contribution < -0.4 is 15.4 Å². The lowest BCUT2D eigenvalue weighted by Crippen LogP contribution is -2.00. The molecule has 3 aromatic carbocycles. The summed E-state index contributed by atoms with van der Waals surface area (Å²) in [4.78, 5) is 8.82. The van der Waals surface area contributed by atoms with Gasteiger partial charge < -0.3 is 20.5 Å². The molecule has 4 rings (SSSR count). The summed E-state index contributed by atoms with van der Waals surface area (Å²) in [6.07, 6.45) is 1.54. The second kappa shape index (κ2) is 8.47. The van der Waals surface area contributed by atoms with Crippen molar-refractivity contribution in [3.8, 4) is 22.6 Å². The normalized spacial score (nSPS) is 10.8. The van der Waals surface area contributed by atoms with Gasteiger partial charge in [0, 0.05) is 17.6 Å². The summed E-state index contributed by atoms with van der Waals surface area (Å²) >= 11 is 6.25. The third kappa shape index (κ3) is 3.95. The van der Waals surface area contributed by atoms with E-state index in [-0.39, 0.29) is 5.75 Å². The summed E-state index contributed by atoms with van der Waals surface area (Å²) in [5.41, 5.74) is 4.43. The van der Waals surface area contributed by atoms with Crippen LogP contribution in [0.1, 0.15) is 6.92 Å². The van der Waals surface area contributed by atoms with Crippen molar-refractivity contribution in [2.24, 2.45) is 0 Å². The molecule has 0 amide bonds. The zero-order chi connectivity index (χ0) is 21.1. The first-order chi connectivity index (χ1) is 14.6. The zero-order valence-corrected chi connectivity index (χ0v) is 17.4. The number of hydrogen-bond acceptors (Lipinski definition) is 6. The summed E-state index contributed by atoms with van der Waals surface area (Å²) < 4.78 is 5.23. The Kier molecular flexibility index (Phi) is 5.59. The topological polar surface area (TPSA) is 79.3 Å². The van der Waals surface area contributed by atoms with Crippen molar-refractivity contribution in [1.29, 1.82) is 0 Å².